The molecular formula is C28H34O3S. The molecule has 1 unspecified atom stereocenters. The molecule has 1 heterocycles. The van der Waals surface area contributed by atoms with Crippen LogP contribution in [0.5, 0.6) is 5.75 Å². The molecule has 1 aromatic heterocycles. The Kier molecular flexibility index (Phi) is 5.58. The predicted molar refractivity (Wildman–Crippen MR) is 130 cm³/mol. The second kappa shape index (κ2) is 8.14. The SMILES string of the molecule is COc1ccc2c(c1)CC[C@@H]1[C@@H]2CC[C@]2(C)C([C@@](C)(O)C(=O)/C=C/c3cccs3)CC[C@@H]12. The standard InChI is InChI=1S/C28H34O3S/c1-27-15-14-22-21-10-7-19(31-3)17-18(21)6-9-23(22)24(27)11-12-25(27)28(2,30)26(29)13-8-20-5-4-16-32-20/h4-5,7-8,10,13,16-17,22-25,30H,6,9,11-12,14-15H2,1-3H3/b13-8+/t22-,23-,24+,25?,27+,28-/m1/s1. The highest BCUT2D eigenvalue weighted by Gasteiger charge is 2.60. The maximum Gasteiger partial charge on any atom is 0.187 e. The van der Waals surface area contributed by atoms with Crippen molar-refractivity contribution in [1.29, 1.82) is 0 Å². The lowest BCUT2D eigenvalue weighted by molar-refractivity contribution is -0.144. The highest BCUT2D eigenvalue weighted by molar-refractivity contribution is 7.10. The number of thiophene rings is 1. The minimum atomic E-state index is -1.32. The van der Waals surface area contributed by atoms with E-state index in [1.165, 1.54) is 17.5 Å². The zero-order chi connectivity index (χ0) is 22.5. The summed E-state index contributed by atoms with van der Waals surface area (Å²) in [6.45, 7) is 4.13. The fourth-order valence-electron chi connectivity index (χ4n) is 7.49. The second-order valence-electron chi connectivity index (χ2n) is 10.5. The van der Waals surface area contributed by atoms with Crippen molar-refractivity contribution in [3.05, 3.63) is 57.8 Å². The van der Waals surface area contributed by atoms with Gasteiger partial charge in [-0.1, -0.05) is 19.1 Å². The van der Waals surface area contributed by atoms with Crippen molar-refractivity contribution in [2.24, 2.45) is 23.2 Å². The van der Waals surface area contributed by atoms with Gasteiger partial charge in [0, 0.05) is 10.8 Å². The van der Waals surface area contributed by atoms with Gasteiger partial charge in [-0.3, -0.25) is 4.79 Å². The fraction of sp³-hybridized carbons (Fsp3) is 0.536. The molecule has 170 valence electrons. The minimum absolute atomic E-state index is 0.0127. The van der Waals surface area contributed by atoms with Gasteiger partial charge in [0.2, 0.25) is 0 Å². The van der Waals surface area contributed by atoms with Crippen molar-refractivity contribution >= 4 is 23.2 Å². The first-order valence-corrected chi connectivity index (χ1v) is 12.9. The van der Waals surface area contributed by atoms with Gasteiger partial charge in [0.15, 0.2) is 5.78 Å². The third-order valence-electron chi connectivity index (χ3n) is 9.05. The Morgan fingerprint density at radius 1 is 1.25 bits per heavy atom. The Balaban J connectivity index is 1.38. The van der Waals surface area contributed by atoms with Crippen LogP contribution in [0.4, 0.5) is 0 Å². The van der Waals surface area contributed by atoms with Gasteiger partial charge in [-0.05, 0) is 115 Å². The van der Waals surface area contributed by atoms with Crippen molar-refractivity contribution in [3.8, 4) is 5.75 Å². The summed E-state index contributed by atoms with van der Waals surface area (Å²) in [5.41, 5.74) is 1.66. The van der Waals surface area contributed by atoms with Gasteiger partial charge < -0.3 is 9.84 Å². The monoisotopic (exact) mass is 450 g/mol. The van der Waals surface area contributed by atoms with Gasteiger partial charge in [-0.25, -0.2) is 0 Å². The first kappa shape index (κ1) is 21.9. The van der Waals surface area contributed by atoms with E-state index in [0.29, 0.717) is 17.8 Å². The number of benzene rings is 1. The minimum Gasteiger partial charge on any atom is -0.497 e. The molecule has 1 N–H and O–H groups in total. The summed E-state index contributed by atoms with van der Waals surface area (Å²) in [6.07, 6.45) is 10.0. The van der Waals surface area contributed by atoms with Crippen LogP contribution in [-0.2, 0) is 11.2 Å². The lowest BCUT2D eigenvalue weighted by atomic mass is 9.52. The molecule has 0 aliphatic heterocycles. The van der Waals surface area contributed by atoms with E-state index in [1.807, 2.05) is 23.6 Å². The summed E-state index contributed by atoms with van der Waals surface area (Å²) in [5, 5.41) is 13.5. The Morgan fingerprint density at radius 3 is 2.84 bits per heavy atom. The summed E-state index contributed by atoms with van der Waals surface area (Å²) >= 11 is 1.61. The number of fused-ring (bicyclic) bond motifs is 5. The summed E-state index contributed by atoms with van der Waals surface area (Å²) in [6, 6.07) is 10.6. The molecule has 2 aromatic rings. The predicted octanol–water partition coefficient (Wildman–Crippen LogP) is 6.26. The normalized spacial score (nSPS) is 33.2. The zero-order valence-corrected chi connectivity index (χ0v) is 20.2. The second-order valence-corrected chi connectivity index (χ2v) is 11.5. The number of ether oxygens (including phenoxy) is 1. The van der Waals surface area contributed by atoms with Crippen LogP contribution in [-0.4, -0.2) is 23.6 Å². The Morgan fingerprint density at radius 2 is 2.09 bits per heavy atom. The van der Waals surface area contributed by atoms with Crippen molar-refractivity contribution in [1.82, 2.24) is 0 Å². The van der Waals surface area contributed by atoms with E-state index in [4.69, 9.17) is 4.74 Å². The quantitative estimate of drug-likeness (QED) is 0.547. The molecule has 3 aliphatic carbocycles. The lowest BCUT2D eigenvalue weighted by Gasteiger charge is -2.52. The Labute approximate surface area is 195 Å². The number of hydrogen-bond donors (Lipinski definition) is 1. The molecule has 0 radical (unpaired) electrons. The van der Waals surface area contributed by atoms with Gasteiger partial charge in [-0.15, -0.1) is 11.3 Å². The smallest absolute Gasteiger partial charge is 0.187 e. The largest absolute Gasteiger partial charge is 0.497 e. The highest BCUT2D eigenvalue weighted by atomic mass is 32.1. The van der Waals surface area contributed by atoms with Crippen molar-refractivity contribution < 1.29 is 14.6 Å². The highest BCUT2D eigenvalue weighted by Crippen LogP contribution is 2.65. The van der Waals surface area contributed by atoms with E-state index >= 15 is 0 Å². The van der Waals surface area contributed by atoms with E-state index < -0.39 is 5.60 Å². The van der Waals surface area contributed by atoms with Crippen molar-refractivity contribution in [3.63, 3.8) is 0 Å². The van der Waals surface area contributed by atoms with Crippen LogP contribution in [0.1, 0.15) is 67.9 Å². The lowest BCUT2D eigenvalue weighted by Crippen LogP contribution is -2.51. The van der Waals surface area contributed by atoms with Gasteiger partial charge >= 0.3 is 0 Å². The van der Waals surface area contributed by atoms with Gasteiger partial charge in [-0.2, -0.15) is 0 Å². The summed E-state index contributed by atoms with van der Waals surface area (Å²) in [4.78, 5) is 14.2. The van der Waals surface area contributed by atoms with Crippen LogP contribution in [0.25, 0.3) is 6.08 Å². The number of carbonyl (C=O) groups is 1. The Bertz CT molecular complexity index is 1020. The number of rotatable bonds is 5. The van der Waals surface area contributed by atoms with Gasteiger partial charge in [0.1, 0.15) is 11.4 Å². The van der Waals surface area contributed by atoms with Crippen molar-refractivity contribution in [2.45, 2.75) is 63.9 Å². The van der Waals surface area contributed by atoms with Crippen LogP contribution in [0, 0.1) is 23.2 Å². The molecule has 1 aromatic carbocycles. The maximum absolute atomic E-state index is 13.1. The molecule has 5 rings (SSSR count). The average Bonchev–Trinajstić information content (AvgIpc) is 3.44. The molecule has 4 heteroatoms. The van der Waals surface area contributed by atoms with E-state index in [2.05, 4.69) is 25.1 Å². The summed E-state index contributed by atoms with van der Waals surface area (Å²) in [5.74, 6) is 2.63. The molecule has 6 atom stereocenters. The number of aliphatic hydroxyl groups is 1. The topological polar surface area (TPSA) is 46.5 Å². The third kappa shape index (κ3) is 3.47. The number of aryl methyl sites for hydroxylation is 1. The zero-order valence-electron chi connectivity index (χ0n) is 19.3. The van der Waals surface area contributed by atoms with Crippen LogP contribution < -0.4 is 4.74 Å². The average molecular weight is 451 g/mol. The molecular weight excluding hydrogens is 416 g/mol. The summed E-state index contributed by atoms with van der Waals surface area (Å²) < 4.78 is 5.45. The van der Waals surface area contributed by atoms with Crippen LogP contribution >= 0.6 is 11.3 Å². The number of ketones is 1. The van der Waals surface area contributed by atoms with Crippen LogP contribution in [0.2, 0.25) is 0 Å². The van der Waals surface area contributed by atoms with Crippen molar-refractivity contribution in [2.75, 3.05) is 7.11 Å². The number of carbonyl (C=O) groups excluding carboxylic acids is 1. The molecule has 3 aliphatic rings. The molecule has 0 spiro atoms. The number of hydrogen-bond acceptors (Lipinski definition) is 4. The van der Waals surface area contributed by atoms with E-state index in [0.717, 1.165) is 42.7 Å². The number of methoxy groups -OCH3 is 1. The molecule has 0 saturated heterocycles. The molecule has 2 fully saturated rings. The molecule has 32 heavy (non-hydrogen) atoms. The van der Waals surface area contributed by atoms with E-state index in [1.54, 1.807) is 31.4 Å². The van der Waals surface area contributed by atoms with Crippen LogP contribution in [0.15, 0.2) is 41.8 Å². The van der Waals surface area contributed by atoms with Gasteiger partial charge in [0.05, 0.1) is 7.11 Å². The first-order chi connectivity index (χ1) is 15.3. The van der Waals surface area contributed by atoms with E-state index in [9.17, 15) is 9.90 Å². The fourth-order valence-corrected chi connectivity index (χ4v) is 8.11. The summed E-state index contributed by atoms with van der Waals surface area (Å²) in [7, 11) is 1.74. The molecule has 0 amide bonds. The first-order valence-electron chi connectivity index (χ1n) is 12.0. The van der Waals surface area contributed by atoms with Gasteiger partial charge in [0.25, 0.3) is 0 Å². The maximum atomic E-state index is 13.1. The van der Waals surface area contributed by atoms with E-state index in [-0.39, 0.29) is 17.1 Å². The van der Waals surface area contributed by atoms with Crippen LogP contribution in [0.3, 0.4) is 0 Å². The Hall–Kier alpha value is -1.91. The third-order valence-corrected chi connectivity index (χ3v) is 9.89. The molecule has 0 bridgehead atoms. The molecule has 2 saturated carbocycles. The molecule has 3 nitrogen and oxygen atoms in total.